The zero-order chi connectivity index (χ0) is 18.7. The molecule has 0 radical (unpaired) electrons. The SMILES string of the molecule is CC(=Nc1ccccn1)c1ccc(C(C)=Nc2c(C)cc(C)cc2C)[nH]1. The van der Waals surface area contributed by atoms with Gasteiger partial charge in [0.25, 0.3) is 0 Å². The van der Waals surface area contributed by atoms with Crippen LogP contribution in [-0.4, -0.2) is 21.4 Å². The second-order valence-electron chi connectivity index (χ2n) is 6.62. The largest absolute Gasteiger partial charge is 0.353 e. The van der Waals surface area contributed by atoms with Gasteiger partial charge in [-0.25, -0.2) is 9.98 Å². The number of benzene rings is 1. The number of aliphatic imine (C=N–C) groups is 2. The predicted octanol–water partition coefficient (Wildman–Crippen LogP) is 5.62. The molecule has 0 aliphatic heterocycles. The number of hydrogen-bond acceptors (Lipinski definition) is 3. The molecule has 0 bridgehead atoms. The van der Waals surface area contributed by atoms with Crippen molar-refractivity contribution in [1.82, 2.24) is 9.97 Å². The van der Waals surface area contributed by atoms with Gasteiger partial charge < -0.3 is 4.98 Å². The molecule has 132 valence electrons. The highest BCUT2D eigenvalue weighted by Crippen LogP contribution is 2.26. The molecule has 3 rings (SSSR count). The molecule has 2 aromatic heterocycles. The van der Waals surface area contributed by atoms with Gasteiger partial charge in [-0.3, -0.25) is 4.99 Å². The first-order valence-electron chi connectivity index (χ1n) is 8.73. The summed E-state index contributed by atoms with van der Waals surface area (Å²) in [6.07, 6.45) is 1.75. The number of pyridine rings is 1. The molecule has 0 aliphatic carbocycles. The van der Waals surface area contributed by atoms with Gasteiger partial charge in [-0.05, 0) is 70.0 Å². The number of hydrogen-bond donors (Lipinski definition) is 1. The molecule has 4 heteroatoms. The lowest BCUT2D eigenvalue weighted by Crippen LogP contribution is -1.99. The van der Waals surface area contributed by atoms with Crippen molar-refractivity contribution in [1.29, 1.82) is 0 Å². The smallest absolute Gasteiger partial charge is 0.152 e. The number of nitrogens with zero attached hydrogens (tertiary/aromatic N) is 3. The zero-order valence-corrected chi connectivity index (χ0v) is 16.0. The zero-order valence-electron chi connectivity index (χ0n) is 16.0. The molecular formula is C22H24N4. The van der Waals surface area contributed by atoms with Crippen LogP contribution < -0.4 is 0 Å². The Kier molecular flexibility index (Phi) is 5.12. The van der Waals surface area contributed by atoms with E-state index in [1.54, 1.807) is 6.20 Å². The summed E-state index contributed by atoms with van der Waals surface area (Å²) in [6, 6.07) is 14.1. The standard InChI is InChI=1S/C22H24N4/c1-14-12-15(2)22(16(3)13-14)25-18(5)20-10-9-19(26-20)17(4)24-21-8-6-7-11-23-21/h6-13,26H,1-5H3. The summed E-state index contributed by atoms with van der Waals surface area (Å²) in [7, 11) is 0. The molecular weight excluding hydrogens is 320 g/mol. The average Bonchev–Trinajstić information content (AvgIpc) is 3.09. The van der Waals surface area contributed by atoms with E-state index < -0.39 is 0 Å². The molecule has 0 aliphatic rings. The monoisotopic (exact) mass is 344 g/mol. The minimum Gasteiger partial charge on any atom is -0.353 e. The van der Waals surface area contributed by atoms with Crippen LogP contribution in [0.5, 0.6) is 0 Å². The van der Waals surface area contributed by atoms with E-state index in [4.69, 9.17) is 4.99 Å². The fourth-order valence-corrected chi connectivity index (χ4v) is 3.05. The molecule has 1 aromatic carbocycles. The quantitative estimate of drug-likeness (QED) is 0.614. The van der Waals surface area contributed by atoms with Crippen molar-refractivity contribution in [3.05, 3.63) is 76.7 Å². The Bertz CT molecular complexity index is 955. The average molecular weight is 344 g/mol. The number of rotatable bonds is 4. The molecule has 0 unspecified atom stereocenters. The minimum atomic E-state index is 0.706. The van der Waals surface area contributed by atoms with Crippen molar-refractivity contribution in [2.45, 2.75) is 34.6 Å². The van der Waals surface area contributed by atoms with Gasteiger partial charge in [0.1, 0.15) is 0 Å². The van der Waals surface area contributed by atoms with Crippen molar-refractivity contribution in [2.75, 3.05) is 0 Å². The molecule has 3 aromatic rings. The maximum Gasteiger partial charge on any atom is 0.152 e. The summed E-state index contributed by atoms with van der Waals surface area (Å²) >= 11 is 0. The Morgan fingerprint density at radius 3 is 2.04 bits per heavy atom. The van der Waals surface area contributed by atoms with Crippen LogP contribution in [0.1, 0.15) is 41.9 Å². The third kappa shape index (κ3) is 3.97. The molecule has 0 saturated heterocycles. The van der Waals surface area contributed by atoms with Crippen LogP contribution in [-0.2, 0) is 0 Å². The lowest BCUT2D eigenvalue weighted by atomic mass is 10.1. The number of aromatic nitrogens is 2. The molecule has 0 atom stereocenters. The van der Waals surface area contributed by atoms with Crippen LogP contribution >= 0.6 is 0 Å². The number of nitrogens with one attached hydrogen (secondary N) is 1. The Morgan fingerprint density at radius 1 is 0.846 bits per heavy atom. The molecule has 1 N–H and O–H groups in total. The fraction of sp³-hybridized carbons (Fsp3) is 0.227. The van der Waals surface area contributed by atoms with Gasteiger partial charge in [0.05, 0.1) is 28.5 Å². The summed E-state index contributed by atoms with van der Waals surface area (Å²) in [5, 5.41) is 0. The maximum absolute atomic E-state index is 4.86. The minimum absolute atomic E-state index is 0.706. The molecule has 0 fully saturated rings. The van der Waals surface area contributed by atoms with Gasteiger partial charge in [-0.15, -0.1) is 0 Å². The summed E-state index contributed by atoms with van der Waals surface area (Å²) < 4.78 is 0. The molecule has 26 heavy (non-hydrogen) atoms. The molecule has 0 saturated carbocycles. The number of H-pyrrole nitrogens is 1. The van der Waals surface area contributed by atoms with Crippen molar-refractivity contribution >= 4 is 22.9 Å². The molecule has 0 amide bonds. The lowest BCUT2D eigenvalue weighted by molar-refractivity contribution is 1.25. The maximum atomic E-state index is 4.86. The summed E-state index contributed by atoms with van der Waals surface area (Å²) in [5.41, 5.74) is 8.51. The van der Waals surface area contributed by atoms with Gasteiger partial charge in [-0.2, -0.15) is 0 Å². The molecule has 4 nitrogen and oxygen atoms in total. The third-order valence-electron chi connectivity index (χ3n) is 4.31. The predicted molar refractivity (Wildman–Crippen MR) is 109 cm³/mol. The lowest BCUT2D eigenvalue weighted by Gasteiger charge is -2.08. The Labute approximate surface area is 154 Å². The Morgan fingerprint density at radius 2 is 1.46 bits per heavy atom. The van der Waals surface area contributed by atoms with E-state index in [9.17, 15) is 0 Å². The van der Waals surface area contributed by atoms with Gasteiger partial charge in [0.15, 0.2) is 5.82 Å². The van der Waals surface area contributed by atoms with Crippen LogP contribution in [0, 0.1) is 20.8 Å². The van der Waals surface area contributed by atoms with Crippen molar-refractivity contribution < 1.29 is 0 Å². The highest BCUT2D eigenvalue weighted by molar-refractivity contribution is 6.03. The highest BCUT2D eigenvalue weighted by atomic mass is 14.9. The van der Waals surface area contributed by atoms with E-state index >= 15 is 0 Å². The van der Waals surface area contributed by atoms with Gasteiger partial charge in [0.2, 0.25) is 0 Å². The Balaban J connectivity index is 1.89. The van der Waals surface area contributed by atoms with E-state index in [1.165, 1.54) is 16.7 Å². The van der Waals surface area contributed by atoms with Crippen molar-refractivity contribution in [2.24, 2.45) is 9.98 Å². The molecule has 0 spiro atoms. The fourth-order valence-electron chi connectivity index (χ4n) is 3.05. The van der Waals surface area contributed by atoms with E-state index in [1.807, 2.05) is 44.2 Å². The number of aryl methyl sites for hydroxylation is 3. The second-order valence-corrected chi connectivity index (χ2v) is 6.62. The van der Waals surface area contributed by atoms with E-state index in [0.29, 0.717) is 5.82 Å². The molecule has 2 heterocycles. The van der Waals surface area contributed by atoms with Gasteiger partial charge in [-0.1, -0.05) is 23.8 Å². The van der Waals surface area contributed by atoms with Gasteiger partial charge >= 0.3 is 0 Å². The van der Waals surface area contributed by atoms with Crippen molar-refractivity contribution in [3.63, 3.8) is 0 Å². The Hall–Kier alpha value is -3.01. The van der Waals surface area contributed by atoms with Crippen LogP contribution in [0.15, 0.2) is 58.6 Å². The summed E-state index contributed by atoms with van der Waals surface area (Å²) in [4.78, 5) is 17.1. The first kappa shape index (κ1) is 17.8. The van der Waals surface area contributed by atoms with Crippen LogP contribution in [0.3, 0.4) is 0 Å². The summed E-state index contributed by atoms with van der Waals surface area (Å²) in [5.74, 6) is 0.706. The summed E-state index contributed by atoms with van der Waals surface area (Å²) in [6.45, 7) is 10.3. The third-order valence-corrected chi connectivity index (χ3v) is 4.31. The van der Waals surface area contributed by atoms with Crippen LogP contribution in [0.2, 0.25) is 0 Å². The van der Waals surface area contributed by atoms with Crippen molar-refractivity contribution in [3.8, 4) is 0 Å². The first-order valence-corrected chi connectivity index (χ1v) is 8.73. The first-order chi connectivity index (χ1) is 12.4. The topological polar surface area (TPSA) is 53.4 Å². The second kappa shape index (κ2) is 7.48. The van der Waals surface area contributed by atoms with Crippen LogP contribution in [0.4, 0.5) is 11.5 Å². The van der Waals surface area contributed by atoms with E-state index in [-0.39, 0.29) is 0 Å². The normalized spacial score (nSPS) is 12.5. The highest BCUT2D eigenvalue weighted by Gasteiger charge is 2.08. The van der Waals surface area contributed by atoms with Gasteiger partial charge in [0, 0.05) is 6.20 Å². The number of aromatic amines is 1. The van der Waals surface area contributed by atoms with E-state index in [0.717, 1.165) is 28.5 Å². The van der Waals surface area contributed by atoms with E-state index in [2.05, 4.69) is 47.9 Å². The van der Waals surface area contributed by atoms with Crippen LogP contribution in [0.25, 0.3) is 0 Å².